The Kier molecular flexibility index (Phi) is 4.85. The van der Waals surface area contributed by atoms with Gasteiger partial charge in [-0.25, -0.2) is 8.42 Å². The summed E-state index contributed by atoms with van der Waals surface area (Å²) >= 11 is 0. The smallest absolute Gasteiger partial charge is 0.244 e. The van der Waals surface area contributed by atoms with E-state index in [-0.39, 0.29) is 41.8 Å². The Bertz CT molecular complexity index is 894. The standard InChI is InChI=1S/C18H18N2O4S/c21-17-13-20(16-10-5-4-9-15(16)19-17)18(22)11-6-12-25(23,24)14-7-2-1-3-8-14/h1-5,7-10H,6,11-13H2,(H,19,21). The summed E-state index contributed by atoms with van der Waals surface area (Å²) in [6.07, 6.45) is 0.268. The zero-order valence-corrected chi connectivity index (χ0v) is 14.3. The van der Waals surface area contributed by atoms with Crippen LogP contribution in [0.3, 0.4) is 0 Å². The van der Waals surface area contributed by atoms with E-state index in [9.17, 15) is 18.0 Å². The van der Waals surface area contributed by atoms with Crippen molar-refractivity contribution in [2.75, 3.05) is 22.5 Å². The summed E-state index contributed by atoms with van der Waals surface area (Å²) in [6, 6.07) is 15.2. The number of nitrogens with zero attached hydrogens (tertiary/aromatic N) is 1. The summed E-state index contributed by atoms with van der Waals surface area (Å²) in [7, 11) is -3.41. The lowest BCUT2D eigenvalue weighted by Crippen LogP contribution is -2.42. The topological polar surface area (TPSA) is 83.6 Å². The van der Waals surface area contributed by atoms with Gasteiger partial charge in [0.15, 0.2) is 9.84 Å². The molecule has 0 spiro atoms. The van der Waals surface area contributed by atoms with Gasteiger partial charge in [-0.15, -0.1) is 0 Å². The number of fused-ring (bicyclic) bond motifs is 1. The largest absolute Gasteiger partial charge is 0.323 e. The molecule has 0 saturated heterocycles. The maximum Gasteiger partial charge on any atom is 0.244 e. The third-order valence-electron chi connectivity index (χ3n) is 3.98. The number of carbonyl (C=O) groups excluding carboxylic acids is 2. The Hall–Kier alpha value is -2.67. The Morgan fingerprint density at radius 2 is 1.72 bits per heavy atom. The highest BCUT2D eigenvalue weighted by molar-refractivity contribution is 7.91. The van der Waals surface area contributed by atoms with Gasteiger partial charge in [0.05, 0.1) is 22.0 Å². The van der Waals surface area contributed by atoms with Gasteiger partial charge in [0.2, 0.25) is 11.8 Å². The molecule has 0 saturated carbocycles. The van der Waals surface area contributed by atoms with Crippen LogP contribution in [0.15, 0.2) is 59.5 Å². The predicted molar refractivity (Wildman–Crippen MR) is 95.2 cm³/mol. The van der Waals surface area contributed by atoms with Crippen LogP contribution in [0.1, 0.15) is 12.8 Å². The van der Waals surface area contributed by atoms with Crippen molar-refractivity contribution in [3.8, 4) is 0 Å². The number of carbonyl (C=O) groups is 2. The minimum absolute atomic E-state index is 0.0543. The Morgan fingerprint density at radius 3 is 2.48 bits per heavy atom. The molecule has 1 aliphatic heterocycles. The maximum absolute atomic E-state index is 12.5. The van der Waals surface area contributed by atoms with Crippen LogP contribution < -0.4 is 10.2 Å². The van der Waals surface area contributed by atoms with E-state index in [0.717, 1.165) is 0 Å². The highest BCUT2D eigenvalue weighted by atomic mass is 32.2. The molecule has 7 heteroatoms. The molecule has 130 valence electrons. The second kappa shape index (κ2) is 7.06. The normalized spacial score (nSPS) is 13.9. The van der Waals surface area contributed by atoms with E-state index >= 15 is 0 Å². The van der Waals surface area contributed by atoms with Gasteiger partial charge in [0.1, 0.15) is 6.54 Å². The SMILES string of the molecule is O=C1CN(C(=O)CCCS(=O)(=O)c2ccccc2)c2ccccc2N1. The van der Waals surface area contributed by atoms with Crippen LogP contribution in [0.2, 0.25) is 0 Å². The average Bonchev–Trinajstić information content (AvgIpc) is 2.61. The number of amides is 2. The van der Waals surface area contributed by atoms with E-state index in [1.807, 2.05) is 0 Å². The Labute approximate surface area is 146 Å². The number of nitrogens with one attached hydrogen (secondary N) is 1. The van der Waals surface area contributed by atoms with Crippen molar-refractivity contribution >= 4 is 33.0 Å². The Balaban J connectivity index is 1.65. The van der Waals surface area contributed by atoms with Crippen molar-refractivity contribution in [1.82, 2.24) is 0 Å². The summed E-state index contributed by atoms with van der Waals surface area (Å²) in [5, 5.41) is 2.72. The summed E-state index contributed by atoms with van der Waals surface area (Å²) < 4.78 is 24.5. The second-order valence-electron chi connectivity index (χ2n) is 5.78. The van der Waals surface area contributed by atoms with Crippen molar-refractivity contribution in [3.63, 3.8) is 0 Å². The second-order valence-corrected chi connectivity index (χ2v) is 7.89. The highest BCUT2D eigenvalue weighted by Gasteiger charge is 2.26. The number of para-hydroxylation sites is 2. The first-order valence-corrected chi connectivity index (χ1v) is 9.60. The number of rotatable bonds is 5. The minimum Gasteiger partial charge on any atom is -0.323 e. The molecule has 6 nitrogen and oxygen atoms in total. The molecule has 2 aromatic carbocycles. The first-order valence-electron chi connectivity index (χ1n) is 7.94. The summed E-state index contributed by atoms with van der Waals surface area (Å²) in [4.78, 5) is 25.9. The van der Waals surface area contributed by atoms with Gasteiger partial charge in [-0.1, -0.05) is 30.3 Å². The van der Waals surface area contributed by atoms with Crippen LogP contribution in [0.4, 0.5) is 11.4 Å². The minimum atomic E-state index is -3.41. The monoisotopic (exact) mass is 358 g/mol. The van der Waals surface area contributed by atoms with E-state index in [0.29, 0.717) is 11.4 Å². The van der Waals surface area contributed by atoms with E-state index in [2.05, 4.69) is 5.32 Å². The third kappa shape index (κ3) is 3.88. The Morgan fingerprint density at radius 1 is 1.04 bits per heavy atom. The lowest BCUT2D eigenvalue weighted by atomic mass is 10.1. The molecule has 2 aromatic rings. The van der Waals surface area contributed by atoms with Crippen molar-refractivity contribution in [2.24, 2.45) is 0 Å². The van der Waals surface area contributed by atoms with Crippen LogP contribution in [0.25, 0.3) is 0 Å². The van der Waals surface area contributed by atoms with Crippen LogP contribution in [0.5, 0.6) is 0 Å². The zero-order chi connectivity index (χ0) is 17.9. The molecule has 0 atom stereocenters. The first kappa shape index (κ1) is 17.2. The van der Waals surface area contributed by atoms with E-state index in [1.165, 1.54) is 4.90 Å². The average molecular weight is 358 g/mol. The maximum atomic E-state index is 12.5. The first-order chi connectivity index (χ1) is 12.0. The number of benzene rings is 2. The lowest BCUT2D eigenvalue weighted by molar-refractivity contribution is -0.121. The molecule has 0 radical (unpaired) electrons. The van der Waals surface area contributed by atoms with Crippen LogP contribution >= 0.6 is 0 Å². The number of sulfone groups is 1. The van der Waals surface area contributed by atoms with Crippen LogP contribution in [-0.4, -0.2) is 32.5 Å². The van der Waals surface area contributed by atoms with Gasteiger partial charge >= 0.3 is 0 Å². The third-order valence-corrected chi connectivity index (χ3v) is 5.79. The molecule has 1 aliphatic rings. The van der Waals surface area contributed by atoms with Gasteiger partial charge in [0.25, 0.3) is 0 Å². The van der Waals surface area contributed by atoms with Crippen molar-refractivity contribution < 1.29 is 18.0 Å². The lowest BCUT2D eigenvalue weighted by Gasteiger charge is -2.29. The number of hydrogen-bond acceptors (Lipinski definition) is 4. The molecule has 25 heavy (non-hydrogen) atoms. The van der Waals surface area contributed by atoms with Crippen LogP contribution in [0, 0.1) is 0 Å². The molecule has 0 bridgehead atoms. The summed E-state index contributed by atoms with van der Waals surface area (Å²) in [6.45, 7) is -0.0543. The molecule has 0 aromatic heterocycles. The molecule has 0 fully saturated rings. The van der Waals surface area contributed by atoms with Crippen molar-refractivity contribution in [3.05, 3.63) is 54.6 Å². The quantitative estimate of drug-likeness (QED) is 0.888. The molecular weight excluding hydrogens is 340 g/mol. The van der Waals surface area contributed by atoms with E-state index in [1.54, 1.807) is 54.6 Å². The highest BCUT2D eigenvalue weighted by Crippen LogP contribution is 2.29. The van der Waals surface area contributed by atoms with Gasteiger partial charge in [-0.05, 0) is 30.7 Å². The summed E-state index contributed by atoms with van der Waals surface area (Å²) in [5.41, 5.74) is 1.22. The zero-order valence-electron chi connectivity index (χ0n) is 13.5. The molecule has 0 aliphatic carbocycles. The van der Waals surface area contributed by atoms with Gasteiger partial charge in [-0.3, -0.25) is 9.59 Å². The summed E-state index contributed by atoms with van der Waals surface area (Å²) in [5.74, 6) is -0.626. The molecule has 2 amide bonds. The van der Waals surface area contributed by atoms with E-state index < -0.39 is 9.84 Å². The van der Waals surface area contributed by atoms with Gasteiger partial charge in [-0.2, -0.15) is 0 Å². The molecule has 1 heterocycles. The number of hydrogen-bond donors (Lipinski definition) is 1. The molecule has 1 N–H and O–H groups in total. The molecule has 3 rings (SSSR count). The van der Waals surface area contributed by atoms with Crippen molar-refractivity contribution in [1.29, 1.82) is 0 Å². The van der Waals surface area contributed by atoms with Crippen LogP contribution in [-0.2, 0) is 19.4 Å². The fourth-order valence-corrected chi connectivity index (χ4v) is 4.08. The molecule has 0 unspecified atom stereocenters. The van der Waals surface area contributed by atoms with Gasteiger partial charge in [0, 0.05) is 6.42 Å². The van der Waals surface area contributed by atoms with Gasteiger partial charge < -0.3 is 10.2 Å². The van der Waals surface area contributed by atoms with E-state index in [4.69, 9.17) is 0 Å². The fraction of sp³-hybridized carbons (Fsp3) is 0.222. The number of anilines is 2. The van der Waals surface area contributed by atoms with Crippen molar-refractivity contribution in [2.45, 2.75) is 17.7 Å². The fourth-order valence-electron chi connectivity index (χ4n) is 2.75. The predicted octanol–water partition coefficient (Wildman–Crippen LogP) is 2.23. The molecular formula is C18H18N2O4S.